The molecule has 2 heterocycles. The van der Waals surface area contributed by atoms with Crippen LogP contribution in [0.15, 0.2) is 12.1 Å². The molecule has 0 saturated carbocycles. The predicted octanol–water partition coefficient (Wildman–Crippen LogP) is 1.43. The molecule has 114 valence electrons. The Morgan fingerprint density at radius 2 is 2.10 bits per heavy atom. The van der Waals surface area contributed by atoms with E-state index in [0.717, 1.165) is 0 Å². The van der Waals surface area contributed by atoms with Crippen LogP contribution >= 0.6 is 11.6 Å². The number of anilines is 1. The van der Waals surface area contributed by atoms with Crippen molar-refractivity contribution in [3.8, 4) is 11.5 Å². The van der Waals surface area contributed by atoms with Crippen LogP contribution in [0.3, 0.4) is 0 Å². The number of carbonyl (C=O) groups is 1. The van der Waals surface area contributed by atoms with E-state index in [0.29, 0.717) is 48.4 Å². The number of hydrogen-bond acceptors (Lipinski definition) is 5. The van der Waals surface area contributed by atoms with Crippen LogP contribution in [0.4, 0.5) is 5.69 Å². The van der Waals surface area contributed by atoms with Crippen LogP contribution in [-0.2, 0) is 9.53 Å². The molecule has 6 nitrogen and oxygen atoms in total. The van der Waals surface area contributed by atoms with Crippen molar-refractivity contribution in [3.05, 3.63) is 17.2 Å². The minimum atomic E-state index is -0.279. The molecule has 0 bridgehead atoms. The number of rotatable bonds is 3. The quantitative estimate of drug-likeness (QED) is 0.883. The molecule has 2 aliphatic heterocycles. The van der Waals surface area contributed by atoms with E-state index in [2.05, 4.69) is 10.6 Å². The zero-order valence-corrected chi connectivity index (χ0v) is 12.4. The predicted molar refractivity (Wildman–Crippen MR) is 78.3 cm³/mol. The number of ether oxygens (including phenoxy) is 3. The number of benzene rings is 1. The van der Waals surface area contributed by atoms with Crippen molar-refractivity contribution in [1.29, 1.82) is 0 Å². The van der Waals surface area contributed by atoms with E-state index in [1.54, 1.807) is 19.2 Å². The highest BCUT2D eigenvalue weighted by Gasteiger charge is 2.29. The van der Waals surface area contributed by atoms with E-state index in [1.807, 2.05) is 0 Å². The Balaban J connectivity index is 1.71. The van der Waals surface area contributed by atoms with Crippen molar-refractivity contribution >= 4 is 23.2 Å². The number of methoxy groups -OCH3 is 1. The first-order valence-electron chi connectivity index (χ1n) is 6.83. The highest BCUT2D eigenvalue weighted by atomic mass is 35.5. The Hall–Kier alpha value is -1.50. The first kappa shape index (κ1) is 14.4. The molecule has 2 N–H and O–H groups in total. The topological polar surface area (TPSA) is 68.8 Å². The van der Waals surface area contributed by atoms with E-state index in [4.69, 9.17) is 25.8 Å². The van der Waals surface area contributed by atoms with Gasteiger partial charge in [0, 0.05) is 25.8 Å². The van der Waals surface area contributed by atoms with Crippen LogP contribution in [0.25, 0.3) is 0 Å². The van der Waals surface area contributed by atoms with E-state index >= 15 is 0 Å². The lowest BCUT2D eigenvalue weighted by molar-refractivity contribution is -0.118. The number of nitrogens with one attached hydrogen (secondary N) is 2. The highest BCUT2D eigenvalue weighted by molar-refractivity contribution is 6.34. The molecular formula is C14H17ClN2O4. The van der Waals surface area contributed by atoms with Gasteiger partial charge in [0.05, 0.1) is 22.9 Å². The summed E-state index contributed by atoms with van der Waals surface area (Å²) in [6.45, 7) is 1.66. The maximum Gasteiger partial charge on any atom is 0.241 e. The van der Waals surface area contributed by atoms with Gasteiger partial charge >= 0.3 is 0 Å². The molecule has 0 aliphatic carbocycles. The monoisotopic (exact) mass is 312 g/mol. The number of carbonyl (C=O) groups excluding carboxylic acids is 1. The van der Waals surface area contributed by atoms with Crippen LogP contribution < -0.4 is 20.1 Å². The van der Waals surface area contributed by atoms with Gasteiger partial charge in [-0.15, -0.1) is 0 Å². The normalized spacial score (nSPS) is 23.9. The fourth-order valence-corrected chi connectivity index (χ4v) is 2.66. The SMILES string of the molecule is COC1CNC(C(=O)Nc2cc3c(cc2Cl)OCCO3)C1. The summed E-state index contributed by atoms with van der Waals surface area (Å²) in [4.78, 5) is 12.2. The van der Waals surface area contributed by atoms with Crippen LogP contribution in [-0.4, -0.2) is 44.9 Å². The van der Waals surface area contributed by atoms with Crippen LogP contribution in [0, 0.1) is 0 Å². The third kappa shape index (κ3) is 3.07. The Morgan fingerprint density at radius 1 is 1.38 bits per heavy atom. The minimum Gasteiger partial charge on any atom is -0.486 e. The standard InChI is InChI=1S/C14H17ClN2O4/c1-19-8-4-11(16-7-8)14(18)17-10-6-13-12(5-9(10)15)20-2-3-21-13/h5-6,8,11,16H,2-4,7H2,1H3,(H,17,18). The van der Waals surface area contributed by atoms with E-state index in [-0.39, 0.29) is 18.1 Å². The molecule has 3 rings (SSSR count). The average molecular weight is 313 g/mol. The molecule has 1 saturated heterocycles. The maximum atomic E-state index is 12.2. The summed E-state index contributed by atoms with van der Waals surface area (Å²) in [6.07, 6.45) is 0.710. The summed E-state index contributed by atoms with van der Waals surface area (Å²) in [7, 11) is 1.64. The smallest absolute Gasteiger partial charge is 0.241 e. The molecule has 1 aromatic rings. The van der Waals surface area contributed by atoms with Crippen LogP contribution in [0.5, 0.6) is 11.5 Å². The first-order valence-corrected chi connectivity index (χ1v) is 7.21. The Bertz CT molecular complexity index is 552. The molecule has 0 radical (unpaired) electrons. The minimum absolute atomic E-state index is 0.0662. The van der Waals surface area contributed by atoms with E-state index < -0.39 is 0 Å². The van der Waals surface area contributed by atoms with Crippen molar-refractivity contribution in [2.75, 3.05) is 32.2 Å². The van der Waals surface area contributed by atoms with Crippen molar-refractivity contribution in [1.82, 2.24) is 5.32 Å². The summed E-state index contributed by atoms with van der Waals surface area (Å²) in [5.74, 6) is 1.06. The van der Waals surface area contributed by atoms with Gasteiger partial charge in [0.15, 0.2) is 11.5 Å². The van der Waals surface area contributed by atoms with Gasteiger partial charge < -0.3 is 24.8 Å². The Morgan fingerprint density at radius 3 is 2.76 bits per heavy atom. The molecule has 2 atom stereocenters. The van der Waals surface area contributed by atoms with E-state index in [9.17, 15) is 4.79 Å². The van der Waals surface area contributed by atoms with Crippen molar-refractivity contribution in [3.63, 3.8) is 0 Å². The molecule has 7 heteroatoms. The zero-order valence-electron chi connectivity index (χ0n) is 11.6. The number of hydrogen-bond donors (Lipinski definition) is 2. The molecular weight excluding hydrogens is 296 g/mol. The summed E-state index contributed by atoms with van der Waals surface area (Å²) in [5, 5.41) is 6.37. The zero-order chi connectivity index (χ0) is 14.8. The highest BCUT2D eigenvalue weighted by Crippen LogP contribution is 2.38. The molecule has 21 heavy (non-hydrogen) atoms. The summed E-state index contributed by atoms with van der Waals surface area (Å²) >= 11 is 6.17. The third-order valence-electron chi connectivity index (χ3n) is 3.63. The molecule has 2 unspecified atom stereocenters. The second kappa shape index (κ2) is 6.09. The van der Waals surface area contributed by atoms with Gasteiger partial charge in [0.2, 0.25) is 5.91 Å². The second-order valence-corrected chi connectivity index (χ2v) is 5.43. The van der Waals surface area contributed by atoms with E-state index in [1.165, 1.54) is 0 Å². The Labute approximate surface area is 127 Å². The third-order valence-corrected chi connectivity index (χ3v) is 3.94. The lowest BCUT2D eigenvalue weighted by Crippen LogP contribution is -2.35. The number of fused-ring (bicyclic) bond motifs is 1. The van der Waals surface area contributed by atoms with Gasteiger partial charge in [0.25, 0.3) is 0 Å². The largest absolute Gasteiger partial charge is 0.486 e. The molecule has 2 aliphatic rings. The molecule has 1 amide bonds. The fraction of sp³-hybridized carbons (Fsp3) is 0.500. The van der Waals surface area contributed by atoms with Crippen LogP contribution in [0.2, 0.25) is 5.02 Å². The van der Waals surface area contributed by atoms with Crippen molar-refractivity contribution < 1.29 is 19.0 Å². The summed E-state index contributed by atoms with van der Waals surface area (Å²) in [5.41, 5.74) is 0.522. The van der Waals surface area contributed by atoms with Gasteiger partial charge in [-0.1, -0.05) is 11.6 Å². The van der Waals surface area contributed by atoms with Crippen LogP contribution in [0.1, 0.15) is 6.42 Å². The summed E-state index contributed by atoms with van der Waals surface area (Å²) in [6, 6.07) is 3.07. The van der Waals surface area contributed by atoms with Crippen molar-refractivity contribution in [2.24, 2.45) is 0 Å². The number of amides is 1. The average Bonchev–Trinajstić information content (AvgIpc) is 2.97. The lowest BCUT2D eigenvalue weighted by atomic mass is 10.2. The van der Waals surface area contributed by atoms with Gasteiger partial charge in [-0.05, 0) is 6.42 Å². The summed E-state index contributed by atoms with van der Waals surface area (Å²) < 4.78 is 16.2. The molecule has 1 fully saturated rings. The molecule has 0 spiro atoms. The fourth-order valence-electron chi connectivity index (χ4n) is 2.46. The number of halogens is 1. The molecule has 0 aromatic heterocycles. The van der Waals surface area contributed by atoms with Gasteiger partial charge in [-0.2, -0.15) is 0 Å². The van der Waals surface area contributed by atoms with Crippen molar-refractivity contribution in [2.45, 2.75) is 18.6 Å². The second-order valence-electron chi connectivity index (χ2n) is 5.02. The lowest BCUT2D eigenvalue weighted by Gasteiger charge is -2.20. The van der Waals surface area contributed by atoms with Gasteiger partial charge in [-0.25, -0.2) is 0 Å². The maximum absolute atomic E-state index is 12.2. The molecule has 1 aromatic carbocycles. The van der Waals surface area contributed by atoms with Gasteiger partial charge in [0.1, 0.15) is 13.2 Å². The first-order chi connectivity index (χ1) is 10.2. The Kier molecular flexibility index (Phi) is 4.19. The van der Waals surface area contributed by atoms with Gasteiger partial charge in [-0.3, -0.25) is 4.79 Å².